The van der Waals surface area contributed by atoms with Gasteiger partial charge in [0.2, 0.25) is 0 Å². The average Bonchev–Trinajstić information content (AvgIpc) is 3.21. The largest absolute Gasteiger partial charge is 0.446 e. The molecule has 0 bridgehead atoms. The van der Waals surface area contributed by atoms with Crippen LogP contribution >= 0.6 is 31.9 Å². The predicted molar refractivity (Wildman–Crippen MR) is 117 cm³/mol. The molecular formula is C20H14Br2N4O3. The second-order valence-corrected chi connectivity index (χ2v) is 7.50. The monoisotopic (exact) mass is 516 g/mol. The van der Waals surface area contributed by atoms with E-state index in [9.17, 15) is 9.59 Å². The maximum absolute atomic E-state index is 12.1. The highest BCUT2D eigenvalue weighted by atomic mass is 79.9. The standard InChI is InChI=1S/C20H14Br2N4O3/c21-15-5-1-13(2-6-15)11-23-25-19(27)17-9-10-18(29-17)20(28)26-24-12-14-3-7-16(22)8-4-14/h1-12H,(H,25,27)(H,26,28). The van der Waals surface area contributed by atoms with Crippen molar-refractivity contribution in [2.75, 3.05) is 0 Å². The maximum Gasteiger partial charge on any atom is 0.307 e. The molecule has 3 rings (SSSR count). The van der Waals surface area contributed by atoms with Crippen LogP contribution in [0.3, 0.4) is 0 Å². The van der Waals surface area contributed by atoms with Gasteiger partial charge in [-0.1, -0.05) is 56.1 Å². The zero-order valence-electron chi connectivity index (χ0n) is 14.8. The molecule has 2 N–H and O–H groups in total. The lowest BCUT2D eigenvalue weighted by Crippen LogP contribution is -2.18. The molecular weight excluding hydrogens is 504 g/mol. The molecule has 3 aromatic rings. The van der Waals surface area contributed by atoms with Gasteiger partial charge in [0.25, 0.3) is 0 Å². The van der Waals surface area contributed by atoms with E-state index in [1.165, 1.54) is 24.6 Å². The van der Waals surface area contributed by atoms with Gasteiger partial charge in [-0.25, -0.2) is 10.9 Å². The zero-order chi connectivity index (χ0) is 20.6. The fourth-order valence-corrected chi connectivity index (χ4v) is 2.65. The Kier molecular flexibility index (Phi) is 7.09. The number of carbonyl (C=O) groups is 2. The van der Waals surface area contributed by atoms with Gasteiger partial charge >= 0.3 is 11.8 Å². The molecule has 146 valence electrons. The predicted octanol–water partition coefficient (Wildman–Crippen LogP) is 4.33. The minimum atomic E-state index is -0.573. The molecule has 0 radical (unpaired) electrons. The summed E-state index contributed by atoms with van der Waals surface area (Å²) in [6.45, 7) is 0. The topological polar surface area (TPSA) is 96.1 Å². The van der Waals surface area contributed by atoms with E-state index in [4.69, 9.17) is 4.42 Å². The van der Waals surface area contributed by atoms with Crippen LogP contribution in [-0.2, 0) is 0 Å². The van der Waals surface area contributed by atoms with Crippen molar-refractivity contribution in [2.24, 2.45) is 10.2 Å². The van der Waals surface area contributed by atoms with Gasteiger partial charge in [0, 0.05) is 8.95 Å². The first-order chi connectivity index (χ1) is 14.0. The second-order valence-electron chi connectivity index (χ2n) is 5.67. The summed E-state index contributed by atoms with van der Waals surface area (Å²) in [6.07, 6.45) is 3.00. The van der Waals surface area contributed by atoms with Crippen LogP contribution in [0, 0.1) is 0 Å². The Bertz CT molecular complexity index is 974. The number of hydrogen-bond acceptors (Lipinski definition) is 5. The molecule has 0 saturated carbocycles. The summed E-state index contributed by atoms with van der Waals surface area (Å²) in [5, 5.41) is 7.73. The highest BCUT2D eigenvalue weighted by Gasteiger charge is 2.15. The van der Waals surface area contributed by atoms with Crippen LogP contribution < -0.4 is 10.9 Å². The average molecular weight is 518 g/mol. The number of furan rings is 1. The van der Waals surface area contributed by atoms with Crippen molar-refractivity contribution in [3.05, 3.63) is 92.3 Å². The minimum Gasteiger partial charge on any atom is -0.446 e. The van der Waals surface area contributed by atoms with Crippen LogP contribution in [0.5, 0.6) is 0 Å². The number of hydrogen-bond donors (Lipinski definition) is 2. The second kappa shape index (κ2) is 9.94. The highest BCUT2D eigenvalue weighted by Crippen LogP contribution is 2.10. The summed E-state index contributed by atoms with van der Waals surface area (Å²) in [5.74, 6) is -1.23. The quantitative estimate of drug-likeness (QED) is 0.376. The summed E-state index contributed by atoms with van der Waals surface area (Å²) in [6, 6.07) is 17.6. The Labute approximate surface area is 183 Å². The number of rotatable bonds is 6. The number of benzene rings is 2. The third-order valence-corrected chi connectivity index (χ3v) is 4.61. The Morgan fingerprint density at radius 2 is 1.07 bits per heavy atom. The number of halogens is 2. The van der Waals surface area contributed by atoms with Crippen LogP contribution in [0.2, 0.25) is 0 Å². The van der Waals surface area contributed by atoms with E-state index >= 15 is 0 Å². The molecule has 0 atom stereocenters. The van der Waals surface area contributed by atoms with Gasteiger partial charge in [0.1, 0.15) is 0 Å². The van der Waals surface area contributed by atoms with Gasteiger partial charge in [-0.05, 0) is 47.5 Å². The smallest absolute Gasteiger partial charge is 0.307 e. The van der Waals surface area contributed by atoms with Crippen molar-refractivity contribution in [1.29, 1.82) is 0 Å². The molecule has 9 heteroatoms. The molecule has 0 aliphatic carbocycles. The summed E-state index contributed by atoms with van der Waals surface area (Å²) in [5.41, 5.74) is 6.32. The Morgan fingerprint density at radius 3 is 1.45 bits per heavy atom. The lowest BCUT2D eigenvalue weighted by Gasteiger charge is -1.98. The normalized spacial score (nSPS) is 11.1. The van der Waals surface area contributed by atoms with E-state index in [0.717, 1.165) is 20.1 Å². The first-order valence-corrected chi connectivity index (χ1v) is 9.87. The number of hydrazone groups is 2. The fraction of sp³-hybridized carbons (Fsp3) is 0. The molecule has 0 aliphatic rings. The summed E-state index contributed by atoms with van der Waals surface area (Å²) < 4.78 is 7.15. The Hall–Kier alpha value is -3.04. The third-order valence-electron chi connectivity index (χ3n) is 3.55. The molecule has 1 heterocycles. The van der Waals surface area contributed by atoms with Crippen molar-refractivity contribution < 1.29 is 14.0 Å². The number of nitrogens with one attached hydrogen (secondary N) is 2. The van der Waals surface area contributed by atoms with Crippen molar-refractivity contribution in [1.82, 2.24) is 10.9 Å². The third kappa shape index (κ3) is 6.23. The van der Waals surface area contributed by atoms with Crippen LogP contribution in [-0.4, -0.2) is 24.2 Å². The van der Waals surface area contributed by atoms with Crippen LogP contribution in [0.15, 0.2) is 84.2 Å². The summed E-state index contributed by atoms with van der Waals surface area (Å²) in [4.78, 5) is 24.1. The first-order valence-electron chi connectivity index (χ1n) is 8.29. The SMILES string of the molecule is O=C(NN=Cc1ccc(Br)cc1)c1ccc(C(=O)NN=Cc2ccc(Br)cc2)o1. The molecule has 0 spiro atoms. The first kappa shape index (κ1) is 20.7. The van der Waals surface area contributed by atoms with E-state index in [1.807, 2.05) is 48.5 Å². The van der Waals surface area contributed by atoms with Crippen LogP contribution in [0.1, 0.15) is 32.2 Å². The Morgan fingerprint density at radius 1 is 0.690 bits per heavy atom. The van der Waals surface area contributed by atoms with Gasteiger partial charge < -0.3 is 4.42 Å². The molecule has 2 amide bonds. The molecule has 0 unspecified atom stereocenters. The molecule has 7 nitrogen and oxygen atoms in total. The van der Waals surface area contributed by atoms with Gasteiger partial charge in [0.05, 0.1) is 12.4 Å². The van der Waals surface area contributed by atoms with E-state index in [2.05, 4.69) is 52.9 Å². The van der Waals surface area contributed by atoms with Crippen LogP contribution in [0.4, 0.5) is 0 Å². The van der Waals surface area contributed by atoms with Crippen molar-refractivity contribution in [2.45, 2.75) is 0 Å². The lowest BCUT2D eigenvalue weighted by molar-refractivity contribution is 0.0902. The van der Waals surface area contributed by atoms with E-state index < -0.39 is 11.8 Å². The summed E-state index contributed by atoms with van der Waals surface area (Å²) in [7, 11) is 0. The molecule has 0 aliphatic heterocycles. The lowest BCUT2D eigenvalue weighted by atomic mass is 10.2. The van der Waals surface area contributed by atoms with Gasteiger partial charge in [0.15, 0.2) is 11.5 Å². The van der Waals surface area contributed by atoms with Crippen molar-refractivity contribution in [3.63, 3.8) is 0 Å². The highest BCUT2D eigenvalue weighted by molar-refractivity contribution is 9.10. The zero-order valence-corrected chi connectivity index (χ0v) is 18.0. The Balaban J connectivity index is 1.53. The van der Waals surface area contributed by atoms with E-state index in [1.54, 1.807) is 0 Å². The van der Waals surface area contributed by atoms with Gasteiger partial charge in [-0.3, -0.25) is 9.59 Å². The van der Waals surface area contributed by atoms with Crippen molar-refractivity contribution >= 4 is 56.1 Å². The molecule has 0 fully saturated rings. The van der Waals surface area contributed by atoms with Crippen molar-refractivity contribution in [3.8, 4) is 0 Å². The molecule has 1 aromatic heterocycles. The van der Waals surface area contributed by atoms with E-state index in [0.29, 0.717) is 0 Å². The van der Waals surface area contributed by atoms with Gasteiger partial charge in [-0.15, -0.1) is 0 Å². The molecule has 29 heavy (non-hydrogen) atoms. The number of carbonyl (C=O) groups excluding carboxylic acids is 2. The minimum absolute atomic E-state index is 0.0417. The maximum atomic E-state index is 12.1. The number of amides is 2. The molecule has 2 aromatic carbocycles. The fourth-order valence-electron chi connectivity index (χ4n) is 2.12. The number of nitrogens with zero attached hydrogens (tertiary/aromatic N) is 2. The van der Waals surface area contributed by atoms with E-state index in [-0.39, 0.29) is 11.5 Å². The van der Waals surface area contributed by atoms with Gasteiger partial charge in [-0.2, -0.15) is 10.2 Å². The molecule has 0 saturated heterocycles. The van der Waals surface area contributed by atoms with Crippen LogP contribution in [0.25, 0.3) is 0 Å². The summed E-state index contributed by atoms with van der Waals surface area (Å²) >= 11 is 6.68.